The molecule has 0 saturated heterocycles. The number of imidazole rings is 1. The Kier molecular flexibility index (Phi) is 5.99. The fourth-order valence-corrected chi connectivity index (χ4v) is 3.80. The normalized spacial score (nSPS) is 12.5. The van der Waals surface area contributed by atoms with Gasteiger partial charge in [0.25, 0.3) is 0 Å². The summed E-state index contributed by atoms with van der Waals surface area (Å²) in [5.74, 6) is 0. The average molecular weight is 411 g/mol. The zero-order chi connectivity index (χ0) is 22.0. The van der Waals surface area contributed by atoms with E-state index in [1.54, 1.807) is 0 Å². The lowest BCUT2D eigenvalue weighted by atomic mass is 10.1. The van der Waals surface area contributed by atoms with Crippen LogP contribution in [0.4, 0.5) is 0 Å². The smallest absolute Gasteiger partial charge is 0.159 e. The van der Waals surface area contributed by atoms with Gasteiger partial charge in [0.15, 0.2) is 5.65 Å². The predicted octanol–water partition coefficient (Wildman–Crippen LogP) is 6.36. The number of nitrogens with zero attached hydrogens (tertiary/aromatic N) is 4. The molecule has 4 rings (SSSR count). The van der Waals surface area contributed by atoms with E-state index in [-0.39, 0.29) is 0 Å². The van der Waals surface area contributed by atoms with E-state index in [1.165, 1.54) is 22.4 Å². The fraction of sp³-hybridized carbons (Fsp3) is 0.296. The third-order valence-electron chi connectivity index (χ3n) is 5.94. The molecule has 0 atom stereocenters. The Morgan fingerprint density at radius 2 is 1.90 bits per heavy atom. The molecule has 0 aliphatic carbocycles. The molecule has 0 saturated carbocycles. The first-order valence-corrected chi connectivity index (χ1v) is 11.0. The second-order valence-corrected chi connectivity index (χ2v) is 8.34. The summed E-state index contributed by atoms with van der Waals surface area (Å²) >= 11 is 0. The molecule has 4 heterocycles. The average Bonchev–Trinajstić information content (AvgIpc) is 3.09. The molecule has 4 heteroatoms. The van der Waals surface area contributed by atoms with Crippen molar-refractivity contribution < 1.29 is 0 Å². The standard InChI is InChI=1S/C27H30N4/c1-6-18(2)8-7-9-24-20(4)14-15-31-21(5)25(30-27(24)31)13-12-23-11-10-22-16-19(3)17-28-26(22)29-23/h7-11,14-17H,6,12-13H2,1-5H3. The van der Waals surface area contributed by atoms with E-state index in [0.717, 1.165) is 52.9 Å². The van der Waals surface area contributed by atoms with Gasteiger partial charge in [-0.25, -0.2) is 15.0 Å². The van der Waals surface area contributed by atoms with Crippen molar-refractivity contribution in [2.75, 3.05) is 0 Å². The van der Waals surface area contributed by atoms with Crippen LogP contribution in [-0.2, 0) is 12.8 Å². The van der Waals surface area contributed by atoms with Crippen LogP contribution < -0.4 is 0 Å². The van der Waals surface area contributed by atoms with Crippen LogP contribution in [0.3, 0.4) is 0 Å². The summed E-state index contributed by atoms with van der Waals surface area (Å²) in [4.78, 5) is 14.2. The van der Waals surface area contributed by atoms with Crippen LogP contribution in [0.2, 0.25) is 0 Å². The second-order valence-electron chi connectivity index (χ2n) is 8.34. The Hall–Kier alpha value is -3.27. The fourth-order valence-electron chi connectivity index (χ4n) is 3.80. The van der Waals surface area contributed by atoms with Crippen molar-refractivity contribution in [3.8, 4) is 0 Å². The molecule has 0 N–H and O–H groups in total. The van der Waals surface area contributed by atoms with Gasteiger partial charge >= 0.3 is 0 Å². The van der Waals surface area contributed by atoms with E-state index < -0.39 is 0 Å². The highest BCUT2D eigenvalue weighted by molar-refractivity contribution is 5.75. The van der Waals surface area contributed by atoms with E-state index in [9.17, 15) is 0 Å². The third kappa shape index (κ3) is 4.43. The van der Waals surface area contributed by atoms with Crippen LogP contribution in [0.15, 0.2) is 54.4 Å². The molecule has 158 valence electrons. The van der Waals surface area contributed by atoms with Crippen LogP contribution in [0.5, 0.6) is 0 Å². The Balaban J connectivity index is 1.62. The SMILES string of the molecule is CCC(C)=CC=Cc1c(C)ccn2c(C)c(CCc3ccc4cc(C)cnc4n3)nc12. The summed E-state index contributed by atoms with van der Waals surface area (Å²) < 4.78 is 2.20. The van der Waals surface area contributed by atoms with Crippen LogP contribution >= 0.6 is 0 Å². The summed E-state index contributed by atoms with van der Waals surface area (Å²) in [5, 5.41) is 1.09. The van der Waals surface area contributed by atoms with E-state index in [4.69, 9.17) is 9.97 Å². The van der Waals surface area contributed by atoms with Crippen molar-refractivity contribution in [2.24, 2.45) is 0 Å². The maximum absolute atomic E-state index is 5.03. The summed E-state index contributed by atoms with van der Waals surface area (Å²) in [6.07, 6.45) is 13.3. The molecule has 0 aliphatic rings. The van der Waals surface area contributed by atoms with E-state index in [2.05, 4.69) is 92.7 Å². The van der Waals surface area contributed by atoms with Gasteiger partial charge in [-0.1, -0.05) is 30.7 Å². The molecule has 0 spiro atoms. The van der Waals surface area contributed by atoms with Gasteiger partial charge in [0.1, 0.15) is 5.65 Å². The summed E-state index contributed by atoms with van der Waals surface area (Å²) in [5.41, 5.74) is 10.1. The number of allylic oxidation sites excluding steroid dienone is 3. The lowest BCUT2D eigenvalue weighted by molar-refractivity contribution is 0.882. The molecule has 4 aromatic heterocycles. The zero-order valence-corrected chi connectivity index (χ0v) is 19.1. The number of fused-ring (bicyclic) bond motifs is 2. The van der Waals surface area contributed by atoms with Gasteiger partial charge in [0.05, 0.1) is 5.69 Å². The first-order valence-electron chi connectivity index (χ1n) is 11.0. The Bertz CT molecular complexity index is 1310. The molecule has 0 bridgehead atoms. The Morgan fingerprint density at radius 1 is 1.06 bits per heavy atom. The number of aromatic nitrogens is 4. The van der Waals surface area contributed by atoms with Crippen molar-refractivity contribution in [2.45, 2.75) is 53.9 Å². The molecule has 0 aliphatic heterocycles. The third-order valence-corrected chi connectivity index (χ3v) is 5.94. The lowest BCUT2D eigenvalue weighted by Gasteiger charge is -2.04. The molecule has 31 heavy (non-hydrogen) atoms. The van der Waals surface area contributed by atoms with Gasteiger partial charge in [0.2, 0.25) is 0 Å². The predicted molar refractivity (Wildman–Crippen MR) is 129 cm³/mol. The summed E-state index contributed by atoms with van der Waals surface area (Å²) in [7, 11) is 0. The zero-order valence-electron chi connectivity index (χ0n) is 19.1. The molecule has 4 aromatic rings. The molecular weight excluding hydrogens is 380 g/mol. The maximum Gasteiger partial charge on any atom is 0.159 e. The number of aryl methyl sites for hydroxylation is 5. The van der Waals surface area contributed by atoms with Crippen molar-refractivity contribution in [1.29, 1.82) is 0 Å². The maximum atomic E-state index is 5.03. The molecule has 0 amide bonds. The number of rotatable bonds is 6. The Morgan fingerprint density at radius 3 is 2.71 bits per heavy atom. The number of hydrogen-bond donors (Lipinski definition) is 0. The first kappa shape index (κ1) is 21.0. The molecular formula is C27H30N4. The van der Waals surface area contributed by atoms with Crippen LogP contribution in [0, 0.1) is 20.8 Å². The summed E-state index contributed by atoms with van der Waals surface area (Å²) in [6.45, 7) is 10.7. The first-order chi connectivity index (χ1) is 15.0. The minimum absolute atomic E-state index is 0.813. The minimum atomic E-state index is 0.813. The molecule has 0 radical (unpaired) electrons. The Labute approximate surface area is 184 Å². The van der Waals surface area contributed by atoms with Crippen molar-refractivity contribution in [3.05, 3.63) is 88.2 Å². The number of pyridine rings is 3. The van der Waals surface area contributed by atoms with Crippen molar-refractivity contribution in [3.63, 3.8) is 0 Å². The van der Waals surface area contributed by atoms with Crippen LogP contribution in [-0.4, -0.2) is 19.4 Å². The number of hydrogen-bond acceptors (Lipinski definition) is 3. The van der Waals surface area contributed by atoms with Crippen LogP contribution in [0.25, 0.3) is 22.8 Å². The highest BCUT2D eigenvalue weighted by Gasteiger charge is 2.12. The highest BCUT2D eigenvalue weighted by atomic mass is 15.0. The van der Waals surface area contributed by atoms with Gasteiger partial charge < -0.3 is 4.40 Å². The van der Waals surface area contributed by atoms with Gasteiger partial charge in [0, 0.05) is 34.7 Å². The van der Waals surface area contributed by atoms with E-state index in [0.29, 0.717) is 0 Å². The summed E-state index contributed by atoms with van der Waals surface area (Å²) in [6, 6.07) is 8.52. The van der Waals surface area contributed by atoms with E-state index >= 15 is 0 Å². The largest absolute Gasteiger partial charge is 0.304 e. The topological polar surface area (TPSA) is 43.1 Å². The van der Waals surface area contributed by atoms with Crippen molar-refractivity contribution >= 4 is 22.8 Å². The minimum Gasteiger partial charge on any atom is -0.304 e. The van der Waals surface area contributed by atoms with E-state index in [1.807, 2.05) is 6.20 Å². The lowest BCUT2D eigenvalue weighted by Crippen LogP contribution is -1.98. The van der Waals surface area contributed by atoms with Gasteiger partial charge in [-0.3, -0.25) is 0 Å². The highest BCUT2D eigenvalue weighted by Crippen LogP contribution is 2.22. The van der Waals surface area contributed by atoms with Gasteiger partial charge in [-0.2, -0.15) is 0 Å². The second kappa shape index (κ2) is 8.84. The van der Waals surface area contributed by atoms with Gasteiger partial charge in [-0.15, -0.1) is 0 Å². The monoisotopic (exact) mass is 410 g/mol. The molecule has 0 unspecified atom stereocenters. The quantitative estimate of drug-likeness (QED) is 0.348. The molecule has 0 aromatic carbocycles. The van der Waals surface area contributed by atoms with Crippen LogP contribution in [0.1, 0.15) is 54.0 Å². The van der Waals surface area contributed by atoms with Crippen molar-refractivity contribution in [1.82, 2.24) is 19.4 Å². The molecule has 0 fully saturated rings. The van der Waals surface area contributed by atoms with Gasteiger partial charge in [-0.05, 0) is 82.3 Å². The molecule has 4 nitrogen and oxygen atoms in total.